The first-order valence-corrected chi connectivity index (χ1v) is 5.34. The van der Waals surface area contributed by atoms with Crippen LogP contribution in [0.15, 0.2) is 30.8 Å². The second-order valence-corrected chi connectivity index (χ2v) is 4.05. The molecule has 0 saturated carbocycles. The standard InChI is InChI=1S/C13H18N2O/c1-4-10-7-5-6-8-11(10)15-13(16)12(14)9(2)3/h4-9,12H,1,14H2,2-3H3,(H,15,16). The van der Waals surface area contributed by atoms with E-state index >= 15 is 0 Å². The van der Waals surface area contributed by atoms with E-state index < -0.39 is 6.04 Å². The summed E-state index contributed by atoms with van der Waals surface area (Å²) in [5.74, 6) is -0.0415. The highest BCUT2D eigenvalue weighted by Gasteiger charge is 2.17. The maximum atomic E-state index is 11.8. The molecule has 0 radical (unpaired) electrons. The lowest BCUT2D eigenvalue weighted by Gasteiger charge is -2.16. The first-order chi connectivity index (χ1) is 7.56. The van der Waals surface area contributed by atoms with Crippen molar-refractivity contribution in [3.63, 3.8) is 0 Å². The third-order valence-electron chi connectivity index (χ3n) is 2.46. The number of hydrogen-bond acceptors (Lipinski definition) is 2. The number of nitrogens with two attached hydrogens (primary N) is 1. The first-order valence-electron chi connectivity index (χ1n) is 5.34. The van der Waals surface area contributed by atoms with Gasteiger partial charge in [-0.25, -0.2) is 0 Å². The number of hydrogen-bond donors (Lipinski definition) is 2. The van der Waals surface area contributed by atoms with Gasteiger partial charge < -0.3 is 11.1 Å². The van der Waals surface area contributed by atoms with E-state index in [4.69, 9.17) is 5.73 Å². The van der Waals surface area contributed by atoms with Crippen LogP contribution in [0.4, 0.5) is 5.69 Å². The van der Waals surface area contributed by atoms with E-state index in [-0.39, 0.29) is 11.8 Å². The fourth-order valence-corrected chi connectivity index (χ4v) is 1.31. The number of para-hydroxylation sites is 1. The molecule has 0 aliphatic heterocycles. The Balaban J connectivity index is 2.80. The zero-order valence-corrected chi connectivity index (χ0v) is 9.73. The van der Waals surface area contributed by atoms with E-state index in [1.165, 1.54) is 0 Å². The molecule has 0 aromatic heterocycles. The third-order valence-corrected chi connectivity index (χ3v) is 2.46. The van der Waals surface area contributed by atoms with Gasteiger partial charge in [-0.1, -0.05) is 44.7 Å². The topological polar surface area (TPSA) is 55.1 Å². The SMILES string of the molecule is C=Cc1ccccc1NC(=O)C(N)C(C)C. The van der Waals surface area contributed by atoms with Crippen LogP contribution >= 0.6 is 0 Å². The minimum Gasteiger partial charge on any atom is -0.324 e. The Hall–Kier alpha value is -1.61. The number of rotatable bonds is 4. The highest BCUT2D eigenvalue weighted by atomic mass is 16.2. The molecule has 86 valence electrons. The van der Waals surface area contributed by atoms with Crippen molar-refractivity contribution in [1.82, 2.24) is 0 Å². The maximum Gasteiger partial charge on any atom is 0.241 e. The Morgan fingerprint density at radius 1 is 1.44 bits per heavy atom. The van der Waals surface area contributed by atoms with E-state index in [0.29, 0.717) is 0 Å². The van der Waals surface area contributed by atoms with Gasteiger partial charge in [0.05, 0.1) is 6.04 Å². The molecule has 1 unspecified atom stereocenters. The second kappa shape index (κ2) is 5.47. The summed E-state index contributed by atoms with van der Waals surface area (Å²) in [5.41, 5.74) is 7.41. The van der Waals surface area contributed by atoms with Crippen molar-refractivity contribution in [3.8, 4) is 0 Å². The Morgan fingerprint density at radius 2 is 2.06 bits per heavy atom. The molecular weight excluding hydrogens is 200 g/mol. The van der Waals surface area contributed by atoms with Gasteiger partial charge in [0.2, 0.25) is 5.91 Å². The van der Waals surface area contributed by atoms with Gasteiger partial charge >= 0.3 is 0 Å². The zero-order chi connectivity index (χ0) is 12.1. The first kappa shape index (κ1) is 12.5. The minimum absolute atomic E-state index is 0.121. The zero-order valence-electron chi connectivity index (χ0n) is 9.73. The quantitative estimate of drug-likeness (QED) is 0.814. The molecule has 3 N–H and O–H groups in total. The van der Waals surface area contributed by atoms with E-state index in [9.17, 15) is 4.79 Å². The van der Waals surface area contributed by atoms with Gasteiger partial charge in [-0.3, -0.25) is 4.79 Å². The summed E-state index contributed by atoms with van der Waals surface area (Å²) in [6.45, 7) is 7.54. The van der Waals surface area contributed by atoms with Crippen molar-refractivity contribution in [2.75, 3.05) is 5.32 Å². The highest BCUT2D eigenvalue weighted by molar-refractivity contribution is 5.96. The predicted molar refractivity (Wildman–Crippen MR) is 68.0 cm³/mol. The summed E-state index contributed by atoms with van der Waals surface area (Å²) in [4.78, 5) is 11.8. The molecule has 1 aromatic rings. The van der Waals surface area contributed by atoms with Crippen LogP contribution in [-0.4, -0.2) is 11.9 Å². The highest BCUT2D eigenvalue weighted by Crippen LogP contribution is 2.16. The van der Waals surface area contributed by atoms with Crippen molar-refractivity contribution >= 4 is 17.7 Å². The summed E-state index contributed by atoms with van der Waals surface area (Å²) in [6, 6.07) is 7.00. The van der Waals surface area contributed by atoms with E-state index in [1.807, 2.05) is 38.1 Å². The maximum absolute atomic E-state index is 11.8. The Bertz CT molecular complexity index is 385. The lowest BCUT2D eigenvalue weighted by atomic mass is 10.0. The van der Waals surface area contributed by atoms with Gasteiger partial charge in [0.15, 0.2) is 0 Å². The molecule has 0 fully saturated rings. The van der Waals surface area contributed by atoms with E-state index in [0.717, 1.165) is 11.3 Å². The molecule has 0 heterocycles. The molecule has 0 saturated heterocycles. The fourth-order valence-electron chi connectivity index (χ4n) is 1.31. The van der Waals surface area contributed by atoms with Crippen LogP contribution in [0.2, 0.25) is 0 Å². The Kier molecular flexibility index (Phi) is 4.26. The molecule has 0 aliphatic carbocycles. The van der Waals surface area contributed by atoms with Crippen molar-refractivity contribution in [1.29, 1.82) is 0 Å². The smallest absolute Gasteiger partial charge is 0.241 e. The van der Waals surface area contributed by atoms with Crippen LogP contribution < -0.4 is 11.1 Å². The summed E-state index contributed by atoms with van der Waals surface area (Å²) in [7, 11) is 0. The molecular formula is C13H18N2O. The van der Waals surface area contributed by atoms with Crippen LogP contribution in [-0.2, 0) is 4.79 Å². The molecule has 1 aromatic carbocycles. The van der Waals surface area contributed by atoms with Gasteiger partial charge in [0.1, 0.15) is 0 Å². The van der Waals surface area contributed by atoms with Gasteiger partial charge in [-0.15, -0.1) is 0 Å². The average Bonchev–Trinajstić information content (AvgIpc) is 2.28. The van der Waals surface area contributed by atoms with Crippen LogP contribution in [0.5, 0.6) is 0 Å². The molecule has 1 amide bonds. The number of anilines is 1. The van der Waals surface area contributed by atoms with Crippen LogP contribution in [0, 0.1) is 5.92 Å². The number of carbonyl (C=O) groups is 1. The van der Waals surface area contributed by atoms with Crippen molar-refractivity contribution in [2.45, 2.75) is 19.9 Å². The molecule has 1 rings (SSSR count). The average molecular weight is 218 g/mol. The van der Waals surface area contributed by atoms with E-state index in [2.05, 4.69) is 11.9 Å². The van der Waals surface area contributed by atoms with Gasteiger partial charge in [0.25, 0.3) is 0 Å². The van der Waals surface area contributed by atoms with Gasteiger partial charge in [0, 0.05) is 5.69 Å². The normalized spacial score (nSPS) is 12.2. The summed E-state index contributed by atoms with van der Waals surface area (Å²) >= 11 is 0. The lowest BCUT2D eigenvalue weighted by molar-refractivity contribution is -0.118. The number of amides is 1. The van der Waals surface area contributed by atoms with E-state index in [1.54, 1.807) is 6.08 Å². The molecule has 0 bridgehead atoms. The molecule has 3 nitrogen and oxygen atoms in total. The summed E-state index contributed by atoms with van der Waals surface area (Å²) in [5, 5.41) is 2.81. The van der Waals surface area contributed by atoms with Crippen molar-refractivity contribution in [2.24, 2.45) is 11.7 Å². The predicted octanol–water partition coefficient (Wildman–Crippen LogP) is 2.25. The molecule has 0 spiro atoms. The van der Waals surface area contributed by atoms with Gasteiger partial charge in [-0.05, 0) is 17.5 Å². The Morgan fingerprint density at radius 3 is 2.62 bits per heavy atom. The second-order valence-electron chi connectivity index (χ2n) is 4.05. The molecule has 1 atom stereocenters. The summed E-state index contributed by atoms with van der Waals surface area (Å²) in [6.07, 6.45) is 1.70. The van der Waals surface area contributed by atoms with Crippen molar-refractivity contribution in [3.05, 3.63) is 36.4 Å². The fraction of sp³-hybridized carbons (Fsp3) is 0.308. The molecule has 3 heteroatoms. The molecule has 16 heavy (non-hydrogen) atoms. The van der Waals surface area contributed by atoms with Crippen LogP contribution in [0.1, 0.15) is 19.4 Å². The third kappa shape index (κ3) is 2.94. The van der Waals surface area contributed by atoms with Crippen LogP contribution in [0.3, 0.4) is 0 Å². The number of benzene rings is 1. The number of nitrogens with one attached hydrogen (secondary N) is 1. The lowest BCUT2D eigenvalue weighted by Crippen LogP contribution is -2.39. The monoisotopic (exact) mass is 218 g/mol. The minimum atomic E-state index is -0.488. The largest absolute Gasteiger partial charge is 0.324 e. The van der Waals surface area contributed by atoms with Crippen LogP contribution in [0.25, 0.3) is 6.08 Å². The number of carbonyl (C=O) groups excluding carboxylic acids is 1. The Labute approximate surface area is 96.3 Å². The van der Waals surface area contributed by atoms with Crippen molar-refractivity contribution < 1.29 is 4.79 Å². The summed E-state index contributed by atoms with van der Waals surface area (Å²) < 4.78 is 0. The van der Waals surface area contributed by atoms with Gasteiger partial charge in [-0.2, -0.15) is 0 Å². The molecule has 0 aliphatic rings.